The maximum Gasteiger partial charge on any atom is 0.159 e. The van der Waals surface area contributed by atoms with Crippen molar-refractivity contribution in [1.82, 2.24) is 10.2 Å². The molecule has 0 spiro atoms. The number of nitrogens with one attached hydrogen (secondary N) is 1. The number of hydrogen-bond donors (Lipinski definition) is 1. The molecule has 1 aliphatic heterocycles. The molecule has 3 rings (SSSR count). The molecule has 0 aromatic heterocycles. The molecule has 0 amide bonds. The third kappa shape index (κ3) is 3.31. The second-order valence-corrected chi connectivity index (χ2v) is 5.70. The zero-order valence-corrected chi connectivity index (χ0v) is 11.0. The van der Waals surface area contributed by atoms with Crippen molar-refractivity contribution < 1.29 is 8.78 Å². The Morgan fingerprint density at radius 3 is 2.63 bits per heavy atom. The van der Waals surface area contributed by atoms with Crippen LogP contribution in [0.25, 0.3) is 0 Å². The predicted octanol–water partition coefficient (Wildman–Crippen LogP) is 2.68. The van der Waals surface area contributed by atoms with Gasteiger partial charge >= 0.3 is 0 Å². The first kappa shape index (κ1) is 13.0. The lowest BCUT2D eigenvalue weighted by molar-refractivity contribution is 0.231. The Morgan fingerprint density at radius 1 is 1.16 bits per heavy atom. The standard InChI is InChI=1S/C15H20F2N2/c16-14-6-3-11(8-15(14)17)9-19(13-4-5-13)10-12-2-1-7-18-12/h3,6,8,12-13,18H,1-2,4-5,7,9-10H2. The molecular formula is C15H20F2N2. The van der Waals surface area contributed by atoms with Gasteiger partial charge in [0.05, 0.1) is 0 Å². The molecule has 0 bridgehead atoms. The Labute approximate surface area is 112 Å². The molecule has 4 heteroatoms. The first-order valence-electron chi connectivity index (χ1n) is 7.14. The molecule has 1 heterocycles. The molecule has 1 saturated heterocycles. The van der Waals surface area contributed by atoms with Crippen molar-refractivity contribution in [2.24, 2.45) is 0 Å². The van der Waals surface area contributed by atoms with Gasteiger partial charge in [0.2, 0.25) is 0 Å². The maximum absolute atomic E-state index is 13.2. The minimum absolute atomic E-state index is 0.561. The third-order valence-corrected chi connectivity index (χ3v) is 4.05. The summed E-state index contributed by atoms with van der Waals surface area (Å²) in [5, 5.41) is 3.50. The first-order chi connectivity index (χ1) is 9.22. The van der Waals surface area contributed by atoms with E-state index < -0.39 is 11.6 Å². The minimum Gasteiger partial charge on any atom is -0.313 e. The van der Waals surface area contributed by atoms with Crippen LogP contribution in [0.15, 0.2) is 18.2 Å². The lowest BCUT2D eigenvalue weighted by atomic mass is 10.1. The van der Waals surface area contributed by atoms with Gasteiger partial charge in [-0.05, 0) is 49.9 Å². The smallest absolute Gasteiger partial charge is 0.159 e. The van der Waals surface area contributed by atoms with Gasteiger partial charge in [0.1, 0.15) is 0 Å². The SMILES string of the molecule is Fc1ccc(CN(CC2CCCN2)C2CC2)cc1F. The van der Waals surface area contributed by atoms with Crippen molar-refractivity contribution in [3.8, 4) is 0 Å². The minimum atomic E-state index is -0.765. The highest BCUT2D eigenvalue weighted by Crippen LogP contribution is 2.29. The van der Waals surface area contributed by atoms with Crippen LogP contribution in [0, 0.1) is 11.6 Å². The van der Waals surface area contributed by atoms with Crippen molar-refractivity contribution in [2.75, 3.05) is 13.1 Å². The topological polar surface area (TPSA) is 15.3 Å². The fraction of sp³-hybridized carbons (Fsp3) is 0.600. The van der Waals surface area contributed by atoms with Gasteiger partial charge in [0.25, 0.3) is 0 Å². The highest BCUT2D eigenvalue weighted by molar-refractivity contribution is 5.18. The summed E-state index contributed by atoms with van der Waals surface area (Å²) in [6, 6.07) is 5.44. The third-order valence-electron chi connectivity index (χ3n) is 4.05. The van der Waals surface area contributed by atoms with Gasteiger partial charge in [-0.2, -0.15) is 0 Å². The van der Waals surface area contributed by atoms with Crippen molar-refractivity contribution in [2.45, 2.75) is 44.3 Å². The highest BCUT2D eigenvalue weighted by Gasteiger charge is 2.31. The van der Waals surface area contributed by atoms with Gasteiger partial charge in [0.15, 0.2) is 11.6 Å². The van der Waals surface area contributed by atoms with Crippen LogP contribution >= 0.6 is 0 Å². The van der Waals surface area contributed by atoms with Gasteiger partial charge in [0, 0.05) is 25.2 Å². The summed E-state index contributed by atoms with van der Waals surface area (Å²) < 4.78 is 26.2. The molecule has 104 valence electrons. The Bertz CT molecular complexity index is 440. The van der Waals surface area contributed by atoms with E-state index in [9.17, 15) is 8.78 Å². The van der Waals surface area contributed by atoms with E-state index in [4.69, 9.17) is 0 Å². The van der Waals surface area contributed by atoms with Crippen LogP contribution in [-0.2, 0) is 6.54 Å². The Balaban J connectivity index is 1.64. The molecule has 2 fully saturated rings. The van der Waals surface area contributed by atoms with Crippen LogP contribution < -0.4 is 5.32 Å². The number of rotatable bonds is 5. The molecule has 1 aliphatic carbocycles. The van der Waals surface area contributed by atoms with E-state index in [1.54, 1.807) is 6.07 Å². The fourth-order valence-electron chi connectivity index (χ4n) is 2.85. The molecular weight excluding hydrogens is 246 g/mol. The molecule has 1 atom stereocenters. The Hall–Kier alpha value is -1.00. The van der Waals surface area contributed by atoms with E-state index >= 15 is 0 Å². The van der Waals surface area contributed by atoms with Gasteiger partial charge < -0.3 is 5.32 Å². The average molecular weight is 266 g/mol. The molecule has 1 saturated carbocycles. The van der Waals surface area contributed by atoms with E-state index in [2.05, 4.69) is 10.2 Å². The van der Waals surface area contributed by atoms with Crippen LogP contribution in [0.2, 0.25) is 0 Å². The van der Waals surface area contributed by atoms with Crippen molar-refractivity contribution in [3.63, 3.8) is 0 Å². The van der Waals surface area contributed by atoms with Gasteiger partial charge in [-0.1, -0.05) is 6.07 Å². The van der Waals surface area contributed by atoms with E-state index in [0.29, 0.717) is 12.1 Å². The summed E-state index contributed by atoms with van der Waals surface area (Å²) >= 11 is 0. The fourth-order valence-corrected chi connectivity index (χ4v) is 2.85. The summed E-state index contributed by atoms with van der Waals surface area (Å²) in [4.78, 5) is 2.41. The van der Waals surface area contributed by atoms with Crippen molar-refractivity contribution >= 4 is 0 Å². The molecule has 1 aromatic carbocycles. The number of hydrogen-bond acceptors (Lipinski definition) is 2. The summed E-state index contributed by atoms with van der Waals surface area (Å²) in [6.45, 7) is 2.85. The highest BCUT2D eigenvalue weighted by atomic mass is 19.2. The molecule has 1 aromatic rings. The second kappa shape index (κ2) is 5.55. The number of halogens is 2. The van der Waals surface area contributed by atoms with Crippen molar-refractivity contribution in [3.05, 3.63) is 35.4 Å². The first-order valence-corrected chi connectivity index (χ1v) is 7.14. The largest absolute Gasteiger partial charge is 0.313 e. The summed E-state index contributed by atoms with van der Waals surface area (Å²) in [5.74, 6) is -1.51. The molecule has 1 unspecified atom stereocenters. The van der Waals surface area contributed by atoms with Crippen LogP contribution in [0.5, 0.6) is 0 Å². The number of nitrogens with zero attached hydrogens (tertiary/aromatic N) is 1. The monoisotopic (exact) mass is 266 g/mol. The van der Waals surface area contributed by atoms with Gasteiger partial charge in [-0.25, -0.2) is 8.78 Å². The van der Waals surface area contributed by atoms with E-state index in [1.807, 2.05) is 0 Å². The van der Waals surface area contributed by atoms with E-state index in [1.165, 1.54) is 37.8 Å². The normalized spacial score (nSPS) is 23.2. The average Bonchev–Trinajstić information content (AvgIpc) is 3.12. The predicted molar refractivity (Wildman–Crippen MR) is 70.8 cm³/mol. The quantitative estimate of drug-likeness (QED) is 0.881. The molecule has 2 nitrogen and oxygen atoms in total. The molecule has 2 aliphatic rings. The summed E-state index contributed by atoms with van der Waals surface area (Å²) in [7, 11) is 0. The second-order valence-electron chi connectivity index (χ2n) is 5.70. The molecule has 19 heavy (non-hydrogen) atoms. The zero-order valence-electron chi connectivity index (χ0n) is 11.0. The van der Waals surface area contributed by atoms with E-state index in [0.717, 1.165) is 25.2 Å². The van der Waals surface area contributed by atoms with Crippen LogP contribution in [-0.4, -0.2) is 30.1 Å². The van der Waals surface area contributed by atoms with Crippen LogP contribution in [0.4, 0.5) is 8.78 Å². The lowest BCUT2D eigenvalue weighted by Gasteiger charge is -2.25. The summed E-state index contributed by atoms with van der Waals surface area (Å²) in [6.07, 6.45) is 4.93. The Kier molecular flexibility index (Phi) is 3.80. The van der Waals surface area contributed by atoms with Crippen LogP contribution in [0.3, 0.4) is 0 Å². The molecule has 0 radical (unpaired) electrons. The summed E-state index contributed by atoms with van der Waals surface area (Å²) in [5.41, 5.74) is 0.865. The van der Waals surface area contributed by atoms with Gasteiger partial charge in [-0.15, -0.1) is 0 Å². The van der Waals surface area contributed by atoms with Crippen LogP contribution in [0.1, 0.15) is 31.2 Å². The maximum atomic E-state index is 13.2. The Morgan fingerprint density at radius 2 is 2.00 bits per heavy atom. The number of benzene rings is 1. The molecule has 1 N–H and O–H groups in total. The zero-order chi connectivity index (χ0) is 13.2. The van der Waals surface area contributed by atoms with Crippen molar-refractivity contribution in [1.29, 1.82) is 0 Å². The van der Waals surface area contributed by atoms with Gasteiger partial charge in [-0.3, -0.25) is 4.90 Å². The van der Waals surface area contributed by atoms with E-state index in [-0.39, 0.29) is 0 Å². The lowest BCUT2D eigenvalue weighted by Crippen LogP contribution is -2.38.